The summed E-state index contributed by atoms with van der Waals surface area (Å²) in [6.45, 7) is 3.94. The van der Waals surface area contributed by atoms with Gasteiger partial charge in [-0.05, 0) is 31.0 Å². The molecule has 2 N–H and O–H groups in total. The molecular weight excluding hydrogens is 413 g/mol. The molecule has 1 rings (SSSR count). The zero-order chi connectivity index (χ0) is 15.9. The van der Waals surface area contributed by atoms with Gasteiger partial charge in [-0.25, -0.2) is 9.38 Å². The highest BCUT2D eigenvalue weighted by Crippen LogP contribution is 2.18. The topological polar surface area (TPSA) is 36.4 Å². The first-order valence-electron chi connectivity index (χ1n) is 6.66. The molecule has 8 heteroatoms. The molecule has 0 saturated heterocycles. The van der Waals surface area contributed by atoms with Crippen LogP contribution >= 0.6 is 24.0 Å². The first-order valence-corrected chi connectivity index (χ1v) is 6.66. The van der Waals surface area contributed by atoms with Crippen molar-refractivity contribution < 1.29 is 17.6 Å². The molecule has 0 aliphatic heterocycles. The Morgan fingerprint density at radius 2 is 1.91 bits per heavy atom. The van der Waals surface area contributed by atoms with Gasteiger partial charge in [0.15, 0.2) is 5.96 Å². The van der Waals surface area contributed by atoms with E-state index in [1.807, 2.05) is 6.92 Å². The molecular formula is C14H20F4IN3. The van der Waals surface area contributed by atoms with Crippen LogP contribution < -0.4 is 10.6 Å². The van der Waals surface area contributed by atoms with E-state index in [2.05, 4.69) is 15.6 Å². The highest BCUT2D eigenvalue weighted by Gasteiger charge is 2.26. The SMILES string of the molecule is CCNC(=NCc1ccc(C)c(F)c1)NCCC(F)(F)F.I. The molecule has 3 nitrogen and oxygen atoms in total. The lowest BCUT2D eigenvalue weighted by molar-refractivity contribution is -0.132. The second kappa shape index (κ2) is 9.86. The van der Waals surface area contributed by atoms with Crippen molar-refractivity contribution >= 4 is 29.9 Å². The highest BCUT2D eigenvalue weighted by molar-refractivity contribution is 14.0. The Labute approximate surface area is 144 Å². The number of guanidine groups is 1. The van der Waals surface area contributed by atoms with Gasteiger partial charge in [0.05, 0.1) is 13.0 Å². The number of hydrogen-bond acceptors (Lipinski definition) is 1. The third kappa shape index (κ3) is 8.40. The van der Waals surface area contributed by atoms with Crippen molar-refractivity contribution in [1.29, 1.82) is 0 Å². The quantitative estimate of drug-likeness (QED) is 0.321. The molecule has 0 atom stereocenters. The first kappa shape index (κ1) is 20.9. The Kier molecular flexibility index (Phi) is 9.38. The zero-order valence-corrected chi connectivity index (χ0v) is 14.8. The van der Waals surface area contributed by atoms with Gasteiger partial charge >= 0.3 is 6.18 Å². The highest BCUT2D eigenvalue weighted by atomic mass is 127. The van der Waals surface area contributed by atoms with E-state index < -0.39 is 12.6 Å². The summed E-state index contributed by atoms with van der Waals surface area (Å²) in [6, 6.07) is 4.75. The predicted molar refractivity (Wildman–Crippen MR) is 90.0 cm³/mol. The molecule has 0 spiro atoms. The van der Waals surface area contributed by atoms with Crippen molar-refractivity contribution in [1.82, 2.24) is 10.6 Å². The van der Waals surface area contributed by atoms with Gasteiger partial charge in [-0.1, -0.05) is 12.1 Å². The summed E-state index contributed by atoms with van der Waals surface area (Å²) in [5.74, 6) is -0.0412. The number of hydrogen-bond donors (Lipinski definition) is 2. The van der Waals surface area contributed by atoms with Gasteiger partial charge < -0.3 is 10.6 Å². The van der Waals surface area contributed by atoms with Crippen LogP contribution in [0.2, 0.25) is 0 Å². The van der Waals surface area contributed by atoms with Crippen molar-refractivity contribution in [3.05, 3.63) is 35.1 Å². The maximum absolute atomic E-state index is 13.4. The fraction of sp³-hybridized carbons (Fsp3) is 0.500. The van der Waals surface area contributed by atoms with Gasteiger partial charge in [-0.3, -0.25) is 0 Å². The van der Waals surface area contributed by atoms with Gasteiger partial charge in [0.1, 0.15) is 5.82 Å². The summed E-state index contributed by atoms with van der Waals surface area (Å²) in [7, 11) is 0. The van der Waals surface area contributed by atoms with Crippen molar-refractivity contribution in [2.45, 2.75) is 33.0 Å². The minimum absolute atomic E-state index is 0. The molecule has 0 amide bonds. The van der Waals surface area contributed by atoms with Crippen LogP contribution in [-0.2, 0) is 6.54 Å². The number of nitrogens with zero attached hydrogens (tertiary/aromatic N) is 1. The fourth-order valence-electron chi connectivity index (χ4n) is 1.57. The third-order valence-corrected chi connectivity index (χ3v) is 2.70. The first-order chi connectivity index (χ1) is 9.81. The van der Waals surface area contributed by atoms with E-state index in [9.17, 15) is 17.6 Å². The summed E-state index contributed by atoms with van der Waals surface area (Å²) in [5.41, 5.74) is 1.20. The number of rotatable bonds is 5. The molecule has 0 aliphatic rings. The normalized spacial score (nSPS) is 11.8. The largest absolute Gasteiger partial charge is 0.390 e. The van der Waals surface area contributed by atoms with Crippen LogP contribution in [0.1, 0.15) is 24.5 Å². The molecule has 0 fully saturated rings. The van der Waals surface area contributed by atoms with E-state index >= 15 is 0 Å². The summed E-state index contributed by atoms with van der Waals surface area (Å²) >= 11 is 0. The van der Waals surface area contributed by atoms with E-state index in [0.717, 1.165) is 0 Å². The second-order valence-corrected chi connectivity index (χ2v) is 4.57. The monoisotopic (exact) mass is 433 g/mol. The van der Waals surface area contributed by atoms with Crippen molar-refractivity contribution in [3.8, 4) is 0 Å². The Morgan fingerprint density at radius 1 is 1.23 bits per heavy atom. The number of alkyl halides is 3. The zero-order valence-electron chi connectivity index (χ0n) is 12.4. The molecule has 1 aromatic carbocycles. The summed E-state index contributed by atoms with van der Waals surface area (Å²) in [5, 5.41) is 5.44. The molecule has 0 saturated carbocycles. The molecule has 0 aliphatic carbocycles. The van der Waals surface area contributed by atoms with Crippen LogP contribution in [0.4, 0.5) is 17.6 Å². The molecule has 126 valence electrons. The second-order valence-electron chi connectivity index (χ2n) is 4.57. The van der Waals surface area contributed by atoms with Crippen LogP contribution in [-0.4, -0.2) is 25.2 Å². The lowest BCUT2D eigenvalue weighted by Gasteiger charge is -2.12. The summed E-state index contributed by atoms with van der Waals surface area (Å²) in [6.07, 6.45) is -5.14. The smallest absolute Gasteiger partial charge is 0.357 e. The van der Waals surface area contributed by atoms with Crippen LogP contribution in [0.15, 0.2) is 23.2 Å². The van der Waals surface area contributed by atoms with Crippen molar-refractivity contribution in [2.75, 3.05) is 13.1 Å². The van der Waals surface area contributed by atoms with Crippen LogP contribution in [0.3, 0.4) is 0 Å². The van der Waals surface area contributed by atoms with Gasteiger partial charge in [-0.2, -0.15) is 13.2 Å². The maximum atomic E-state index is 13.4. The minimum atomic E-state index is -4.20. The van der Waals surface area contributed by atoms with E-state index in [1.165, 1.54) is 6.07 Å². The standard InChI is InChI=1S/C14H19F4N3.HI/c1-3-19-13(20-7-6-14(16,17)18)21-9-11-5-4-10(2)12(15)8-11;/h4-5,8H,3,6-7,9H2,1-2H3,(H2,19,20,21);1H. The van der Waals surface area contributed by atoms with E-state index in [4.69, 9.17) is 0 Å². The molecule has 0 radical (unpaired) electrons. The molecule has 22 heavy (non-hydrogen) atoms. The van der Waals surface area contributed by atoms with Gasteiger partial charge in [0, 0.05) is 13.1 Å². The fourth-order valence-corrected chi connectivity index (χ4v) is 1.57. The summed E-state index contributed by atoms with van der Waals surface area (Å²) in [4.78, 5) is 4.13. The summed E-state index contributed by atoms with van der Waals surface area (Å²) < 4.78 is 49.6. The Balaban J connectivity index is 0.00000441. The maximum Gasteiger partial charge on any atom is 0.390 e. The lowest BCUT2D eigenvalue weighted by atomic mass is 10.1. The van der Waals surface area contributed by atoms with Crippen molar-refractivity contribution in [2.24, 2.45) is 4.99 Å². The number of aliphatic imine (C=N–C) groups is 1. The van der Waals surface area contributed by atoms with Gasteiger partial charge in [0.25, 0.3) is 0 Å². The molecule has 0 unspecified atom stereocenters. The number of nitrogens with one attached hydrogen (secondary N) is 2. The third-order valence-electron chi connectivity index (χ3n) is 2.70. The molecule has 0 aromatic heterocycles. The lowest BCUT2D eigenvalue weighted by Crippen LogP contribution is -2.38. The molecule has 0 bridgehead atoms. The number of aryl methyl sites for hydroxylation is 1. The number of benzene rings is 1. The van der Waals surface area contributed by atoms with E-state index in [1.54, 1.807) is 19.1 Å². The Bertz CT molecular complexity index is 489. The average Bonchev–Trinajstić information content (AvgIpc) is 2.38. The Morgan fingerprint density at radius 3 is 2.45 bits per heavy atom. The van der Waals surface area contributed by atoms with E-state index in [0.29, 0.717) is 17.7 Å². The predicted octanol–water partition coefficient (Wildman–Crippen LogP) is 3.76. The molecule has 0 heterocycles. The number of halogens is 5. The average molecular weight is 433 g/mol. The van der Waals surface area contributed by atoms with Gasteiger partial charge in [0.2, 0.25) is 0 Å². The van der Waals surface area contributed by atoms with E-state index in [-0.39, 0.29) is 48.8 Å². The van der Waals surface area contributed by atoms with Crippen LogP contribution in [0.5, 0.6) is 0 Å². The molecule has 1 aromatic rings. The van der Waals surface area contributed by atoms with Gasteiger partial charge in [-0.15, -0.1) is 24.0 Å². The Hall–Kier alpha value is -1.06. The van der Waals surface area contributed by atoms with Crippen molar-refractivity contribution in [3.63, 3.8) is 0 Å². The minimum Gasteiger partial charge on any atom is -0.357 e. The van der Waals surface area contributed by atoms with Crippen LogP contribution in [0.25, 0.3) is 0 Å². The van der Waals surface area contributed by atoms with Crippen LogP contribution in [0, 0.1) is 12.7 Å².